The summed E-state index contributed by atoms with van der Waals surface area (Å²) >= 11 is 0. The van der Waals surface area contributed by atoms with E-state index in [0.717, 1.165) is 24.8 Å². The summed E-state index contributed by atoms with van der Waals surface area (Å²) in [5.74, 6) is 0.509. The summed E-state index contributed by atoms with van der Waals surface area (Å²) < 4.78 is 10.6. The van der Waals surface area contributed by atoms with Gasteiger partial charge in [-0.25, -0.2) is 0 Å². The summed E-state index contributed by atoms with van der Waals surface area (Å²) in [4.78, 5) is 28.6. The van der Waals surface area contributed by atoms with Crippen LogP contribution in [-0.4, -0.2) is 42.8 Å². The Hall–Kier alpha value is -2.63. The van der Waals surface area contributed by atoms with Crippen LogP contribution in [0.15, 0.2) is 35.3 Å². The molecular weight excluding hydrogens is 358 g/mol. The smallest absolute Gasteiger partial charge is 0.303 e. The first-order valence-corrected chi connectivity index (χ1v) is 9.65. The molecule has 0 bridgehead atoms. The molecule has 1 aromatic carbocycles. The Bertz CT molecular complexity index is 741. The molecule has 0 amide bonds. The average Bonchev–Trinajstić information content (AvgIpc) is 3.18. The number of carbonyl (C=O) groups is 2. The number of methoxy groups -OCH3 is 2. The Balaban J connectivity index is 2.15. The molecule has 2 rings (SSSR count). The minimum atomic E-state index is -0.870. The van der Waals surface area contributed by atoms with Gasteiger partial charge in [0.1, 0.15) is 5.54 Å². The van der Waals surface area contributed by atoms with Crippen LogP contribution in [0.3, 0.4) is 0 Å². The van der Waals surface area contributed by atoms with E-state index in [2.05, 4.69) is 11.9 Å². The second-order valence-corrected chi connectivity index (χ2v) is 7.00. The number of unbranched alkanes of at least 4 members (excludes halogenated alkanes) is 1. The molecule has 0 fully saturated rings. The number of hydrogen-bond acceptors (Lipinski definition) is 5. The minimum Gasteiger partial charge on any atom is -0.493 e. The van der Waals surface area contributed by atoms with Crippen molar-refractivity contribution in [3.05, 3.63) is 35.9 Å². The lowest BCUT2D eigenvalue weighted by Crippen LogP contribution is -2.42. The van der Waals surface area contributed by atoms with Gasteiger partial charge < -0.3 is 14.6 Å². The summed E-state index contributed by atoms with van der Waals surface area (Å²) in [6, 6.07) is 5.48. The summed E-state index contributed by atoms with van der Waals surface area (Å²) in [7, 11) is 3.14. The fraction of sp³-hybridized carbons (Fsp3) is 0.500. The molecule has 0 aromatic heterocycles. The number of hydrogen-bond donors (Lipinski definition) is 1. The van der Waals surface area contributed by atoms with Gasteiger partial charge in [-0.05, 0) is 48.6 Å². The van der Waals surface area contributed by atoms with Gasteiger partial charge in [0.05, 0.1) is 14.2 Å². The fourth-order valence-corrected chi connectivity index (χ4v) is 3.75. The number of rotatable bonds is 12. The summed E-state index contributed by atoms with van der Waals surface area (Å²) in [6.45, 7) is 2.05. The number of ketones is 1. The highest BCUT2D eigenvalue weighted by Crippen LogP contribution is 2.36. The molecule has 1 heterocycles. The summed E-state index contributed by atoms with van der Waals surface area (Å²) in [5, 5.41) is 8.82. The van der Waals surface area contributed by atoms with E-state index in [-0.39, 0.29) is 24.5 Å². The van der Waals surface area contributed by atoms with Gasteiger partial charge in [-0.15, -0.1) is 0 Å². The largest absolute Gasteiger partial charge is 0.493 e. The summed E-state index contributed by atoms with van der Waals surface area (Å²) in [6.07, 6.45) is 8.74. The van der Waals surface area contributed by atoms with Crippen molar-refractivity contribution in [3.63, 3.8) is 0 Å². The van der Waals surface area contributed by atoms with Crippen LogP contribution in [0, 0.1) is 5.92 Å². The van der Waals surface area contributed by atoms with Crippen LogP contribution in [0.1, 0.15) is 44.6 Å². The molecule has 2 unspecified atom stereocenters. The third-order valence-electron chi connectivity index (χ3n) is 5.29. The second kappa shape index (κ2) is 10.1. The van der Waals surface area contributed by atoms with Crippen molar-refractivity contribution < 1.29 is 24.2 Å². The number of benzene rings is 1. The number of carboxylic acid groups (broad SMARTS) is 1. The lowest BCUT2D eigenvalue weighted by molar-refractivity contribution is -0.137. The third kappa shape index (κ3) is 5.00. The first-order valence-electron chi connectivity index (χ1n) is 9.65. The molecule has 6 heteroatoms. The minimum absolute atomic E-state index is 0.0369. The number of nitrogens with zero attached hydrogens (tertiary/aromatic N) is 1. The quantitative estimate of drug-likeness (QED) is 0.550. The van der Waals surface area contributed by atoms with Crippen molar-refractivity contribution in [2.24, 2.45) is 10.9 Å². The zero-order chi connectivity index (χ0) is 20.6. The molecule has 1 N–H and O–H groups in total. The molecule has 2 atom stereocenters. The van der Waals surface area contributed by atoms with E-state index in [4.69, 9.17) is 14.6 Å². The maximum absolute atomic E-state index is 13.3. The van der Waals surface area contributed by atoms with E-state index in [1.807, 2.05) is 24.3 Å². The standard InChI is InChI=1S/C22H29NO5/c1-4-17(8-5-6-9-21(25)26)22(12-7-13-23-22)20(24)15-16-10-11-18(27-2)19(14-16)28-3/h7,10-14,17H,4-6,8-9,15H2,1-3H3,(H,25,26). The maximum atomic E-state index is 13.3. The number of aliphatic imine (C=N–C) groups is 1. The topological polar surface area (TPSA) is 85.2 Å². The Morgan fingerprint density at radius 1 is 1.18 bits per heavy atom. The third-order valence-corrected chi connectivity index (χ3v) is 5.29. The lowest BCUT2D eigenvalue weighted by Gasteiger charge is -2.32. The van der Waals surface area contributed by atoms with Crippen LogP contribution in [-0.2, 0) is 16.0 Å². The van der Waals surface area contributed by atoms with E-state index in [1.165, 1.54) is 0 Å². The van der Waals surface area contributed by atoms with Crippen molar-refractivity contribution in [2.45, 2.75) is 51.0 Å². The molecule has 0 saturated heterocycles. The van der Waals surface area contributed by atoms with Gasteiger partial charge in [-0.3, -0.25) is 14.6 Å². The monoisotopic (exact) mass is 387 g/mol. The fourth-order valence-electron chi connectivity index (χ4n) is 3.75. The van der Waals surface area contributed by atoms with Crippen LogP contribution >= 0.6 is 0 Å². The predicted molar refractivity (Wildman–Crippen MR) is 109 cm³/mol. The molecule has 0 spiro atoms. The Morgan fingerprint density at radius 3 is 2.50 bits per heavy atom. The number of ether oxygens (including phenoxy) is 2. The number of allylic oxidation sites excluding steroid dienone is 1. The average molecular weight is 387 g/mol. The van der Waals surface area contributed by atoms with Crippen LogP contribution in [0.5, 0.6) is 11.5 Å². The lowest BCUT2D eigenvalue weighted by atomic mass is 9.75. The number of aliphatic carboxylic acids is 1. The molecule has 152 valence electrons. The SMILES string of the molecule is CCC(CCCCC(=O)O)C1(C(=O)Cc2ccc(OC)c(OC)c2)C=CC=N1. The van der Waals surface area contributed by atoms with Gasteiger partial charge in [-0.1, -0.05) is 25.8 Å². The molecular formula is C22H29NO5. The normalized spacial score (nSPS) is 18.8. The Labute approximate surface area is 166 Å². The van der Waals surface area contributed by atoms with E-state index in [1.54, 1.807) is 26.5 Å². The molecule has 0 saturated carbocycles. The molecule has 0 radical (unpaired) electrons. The molecule has 1 aliphatic heterocycles. The van der Waals surface area contributed by atoms with E-state index >= 15 is 0 Å². The van der Waals surface area contributed by atoms with Crippen molar-refractivity contribution in [2.75, 3.05) is 14.2 Å². The highest BCUT2D eigenvalue weighted by Gasteiger charge is 2.42. The van der Waals surface area contributed by atoms with Crippen LogP contribution < -0.4 is 9.47 Å². The molecule has 0 aliphatic carbocycles. The van der Waals surface area contributed by atoms with Gasteiger partial charge >= 0.3 is 5.97 Å². The van der Waals surface area contributed by atoms with Crippen molar-refractivity contribution in [1.29, 1.82) is 0 Å². The van der Waals surface area contributed by atoms with Crippen molar-refractivity contribution in [1.82, 2.24) is 0 Å². The number of Topliss-reactive ketones (excluding diaryl/α,β-unsaturated/α-hetero) is 1. The van der Waals surface area contributed by atoms with Gasteiger partial charge in [0, 0.05) is 19.1 Å². The molecule has 6 nitrogen and oxygen atoms in total. The van der Waals surface area contributed by atoms with E-state index in [9.17, 15) is 9.59 Å². The van der Waals surface area contributed by atoms with Crippen LogP contribution in [0.25, 0.3) is 0 Å². The van der Waals surface area contributed by atoms with Gasteiger partial charge in [-0.2, -0.15) is 0 Å². The Kier molecular flexibility index (Phi) is 7.79. The highest BCUT2D eigenvalue weighted by atomic mass is 16.5. The first-order chi connectivity index (χ1) is 13.5. The zero-order valence-corrected chi connectivity index (χ0v) is 16.8. The summed E-state index contributed by atoms with van der Waals surface area (Å²) in [5.41, 5.74) is -0.0243. The van der Waals surface area contributed by atoms with E-state index < -0.39 is 11.5 Å². The number of carbonyl (C=O) groups excluding carboxylic acids is 1. The van der Waals surface area contributed by atoms with Gasteiger partial charge in [0.25, 0.3) is 0 Å². The second-order valence-electron chi connectivity index (χ2n) is 7.00. The zero-order valence-electron chi connectivity index (χ0n) is 16.8. The maximum Gasteiger partial charge on any atom is 0.303 e. The van der Waals surface area contributed by atoms with Crippen LogP contribution in [0.4, 0.5) is 0 Å². The predicted octanol–water partition coefficient (Wildman–Crippen LogP) is 3.87. The number of carboxylic acids is 1. The van der Waals surface area contributed by atoms with Crippen LogP contribution in [0.2, 0.25) is 0 Å². The molecule has 28 heavy (non-hydrogen) atoms. The van der Waals surface area contributed by atoms with Crippen molar-refractivity contribution in [3.8, 4) is 11.5 Å². The van der Waals surface area contributed by atoms with Gasteiger partial charge in [0.2, 0.25) is 0 Å². The van der Waals surface area contributed by atoms with Crippen molar-refractivity contribution >= 4 is 18.0 Å². The highest BCUT2D eigenvalue weighted by molar-refractivity contribution is 5.97. The molecule has 1 aliphatic rings. The molecule has 1 aromatic rings. The van der Waals surface area contributed by atoms with Gasteiger partial charge in [0.15, 0.2) is 17.3 Å². The Morgan fingerprint density at radius 2 is 1.93 bits per heavy atom. The first kappa shape index (κ1) is 21.7. The van der Waals surface area contributed by atoms with E-state index in [0.29, 0.717) is 17.9 Å².